The number of hydrogen-bond donors (Lipinski definition) is 0. The number of benzene rings is 2. The smallest absolute Gasteiger partial charge is 0.294 e. The van der Waals surface area contributed by atoms with Crippen molar-refractivity contribution >= 4 is 21.7 Å². The van der Waals surface area contributed by atoms with Crippen molar-refractivity contribution in [3.8, 4) is 0 Å². The Morgan fingerprint density at radius 1 is 1.14 bits per heavy atom. The van der Waals surface area contributed by atoms with Crippen LogP contribution in [0.3, 0.4) is 0 Å². The number of hydrogen-bond acceptors (Lipinski definition) is 1. The van der Waals surface area contributed by atoms with Crippen molar-refractivity contribution in [3.05, 3.63) is 69.2 Å². The summed E-state index contributed by atoms with van der Waals surface area (Å²) in [5.74, 6) is -0.349. The molecule has 0 aliphatic heterocycles. The Kier molecular flexibility index (Phi) is 4.52. The first-order valence-electron chi connectivity index (χ1n) is 6.23. The molecular formula is C16H12BrF3O. The molecule has 0 radical (unpaired) electrons. The van der Waals surface area contributed by atoms with E-state index in [-0.39, 0.29) is 17.8 Å². The van der Waals surface area contributed by atoms with Crippen LogP contribution in [0.1, 0.15) is 27.0 Å². The average molecular weight is 357 g/mol. The highest BCUT2D eigenvalue weighted by Crippen LogP contribution is 2.32. The molecule has 2 aromatic carbocycles. The lowest BCUT2D eigenvalue weighted by atomic mass is 10.00. The van der Waals surface area contributed by atoms with Crippen molar-refractivity contribution in [1.29, 1.82) is 0 Å². The Morgan fingerprint density at radius 3 is 2.48 bits per heavy atom. The van der Waals surface area contributed by atoms with Crippen molar-refractivity contribution in [2.45, 2.75) is 19.5 Å². The van der Waals surface area contributed by atoms with E-state index in [4.69, 9.17) is 0 Å². The van der Waals surface area contributed by atoms with Crippen LogP contribution < -0.4 is 0 Å². The maximum absolute atomic E-state index is 12.7. The van der Waals surface area contributed by atoms with E-state index in [0.717, 1.165) is 23.3 Å². The minimum atomic E-state index is -4.46. The van der Waals surface area contributed by atoms with Gasteiger partial charge in [0.1, 0.15) is 0 Å². The summed E-state index contributed by atoms with van der Waals surface area (Å²) < 4.78 is 38.5. The van der Waals surface area contributed by atoms with Crippen molar-refractivity contribution in [2.24, 2.45) is 0 Å². The lowest BCUT2D eigenvalue weighted by Crippen LogP contribution is -2.10. The summed E-state index contributed by atoms with van der Waals surface area (Å²) in [5.41, 5.74) is 1.01. The van der Waals surface area contributed by atoms with Crippen molar-refractivity contribution in [3.63, 3.8) is 0 Å². The van der Waals surface area contributed by atoms with Crippen LogP contribution in [0, 0.1) is 6.92 Å². The minimum Gasteiger partial charge on any atom is -0.294 e. The average Bonchev–Trinajstić information content (AvgIpc) is 2.37. The summed E-state index contributed by atoms with van der Waals surface area (Å²) in [4.78, 5) is 12.2. The van der Waals surface area contributed by atoms with E-state index in [1.165, 1.54) is 6.07 Å². The van der Waals surface area contributed by atoms with E-state index >= 15 is 0 Å². The molecule has 0 atom stereocenters. The van der Waals surface area contributed by atoms with Gasteiger partial charge in [0.05, 0.1) is 5.56 Å². The molecule has 5 heteroatoms. The molecule has 0 N–H and O–H groups in total. The van der Waals surface area contributed by atoms with Gasteiger partial charge < -0.3 is 0 Å². The fraction of sp³-hybridized carbons (Fsp3) is 0.188. The van der Waals surface area contributed by atoms with Crippen LogP contribution >= 0.6 is 15.9 Å². The fourth-order valence-electron chi connectivity index (χ4n) is 2.02. The van der Waals surface area contributed by atoms with Gasteiger partial charge >= 0.3 is 6.18 Å². The van der Waals surface area contributed by atoms with Crippen molar-refractivity contribution < 1.29 is 18.0 Å². The standard InChI is InChI=1S/C16H12BrF3O/c1-10-3-2-4-11(7-10)8-15(21)13-9-12(16(18,19)20)5-6-14(13)17/h2-7,9H,8H2,1H3. The van der Waals surface area contributed by atoms with Crippen LogP contribution in [-0.2, 0) is 12.6 Å². The highest BCUT2D eigenvalue weighted by molar-refractivity contribution is 9.10. The van der Waals surface area contributed by atoms with Gasteiger partial charge in [-0.2, -0.15) is 13.2 Å². The zero-order chi connectivity index (χ0) is 15.6. The predicted molar refractivity (Wildman–Crippen MR) is 78.4 cm³/mol. The summed E-state index contributed by atoms with van der Waals surface area (Å²) >= 11 is 3.14. The number of carbonyl (C=O) groups excluding carboxylic acids is 1. The number of alkyl halides is 3. The zero-order valence-corrected chi connectivity index (χ0v) is 12.8. The molecule has 0 amide bonds. The third-order valence-electron chi connectivity index (χ3n) is 3.04. The van der Waals surface area contributed by atoms with Crippen LogP contribution in [0.25, 0.3) is 0 Å². The summed E-state index contributed by atoms with van der Waals surface area (Å²) in [6.07, 6.45) is -4.39. The van der Waals surface area contributed by atoms with Gasteiger partial charge in [-0.15, -0.1) is 0 Å². The monoisotopic (exact) mass is 356 g/mol. The van der Waals surface area contributed by atoms with E-state index in [9.17, 15) is 18.0 Å². The lowest BCUT2D eigenvalue weighted by Gasteiger charge is -2.10. The van der Waals surface area contributed by atoms with E-state index in [2.05, 4.69) is 15.9 Å². The Bertz CT molecular complexity index is 677. The summed E-state index contributed by atoms with van der Waals surface area (Å²) in [5, 5.41) is 0. The number of Topliss-reactive ketones (excluding diaryl/α,β-unsaturated/α-hetero) is 1. The van der Waals surface area contributed by atoms with Crippen molar-refractivity contribution in [2.75, 3.05) is 0 Å². The first-order chi connectivity index (χ1) is 9.77. The van der Waals surface area contributed by atoms with Gasteiger partial charge in [-0.3, -0.25) is 4.79 Å². The summed E-state index contributed by atoms with van der Waals surface area (Å²) in [7, 11) is 0. The zero-order valence-electron chi connectivity index (χ0n) is 11.2. The minimum absolute atomic E-state index is 0.0475. The Morgan fingerprint density at radius 2 is 1.86 bits per heavy atom. The molecule has 0 fully saturated rings. The van der Waals surface area contributed by atoms with Crippen LogP contribution in [-0.4, -0.2) is 5.78 Å². The molecule has 0 aliphatic rings. The van der Waals surface area contributed by atoms with Gasteiger partial charge in [0.2, 0.25) is 0 Å². The van der Waals surface area contributed by atoms with Crippen LogP contribution in [0.5, 0.6) is 0 Å². The lowest BCUT2D eigenvalue weighted by molar-refractivity contribution is -0.137. The summed E-state index contributed by atoms with van der Waals surface area (Å²) in [6, 6.07) is 10.4. The van der Waals surface area contributed by atoms with Gasteiger partial charge in [0.15, 0.2) is 5.78 Å². The Labute approximate surface area is 128 Å². The van der Waals surface area contributed by atoms with E-state index in [0.29, 0.717) is 4.47 Å². The highest BCUT2D eigenvalue weighted by atomic mass is 79.9. The van der Waals surface area contributed by atoms with Crippen molar-refractivity contribution in [1.82, 2.24) is 0 Å². The molecule has 0 heterocycles. The quantitative estimate of drug-likeness (QED) is 0.690. The SMILES string of the molecule is Cc1cccc(CC(=O)c2cc(C(F)(F)F)ccc2Br)c1. The molecule has 0 bridgehead atoms. The van der Waals surface area contributed by atoms with Crippen LogP contribution in [0.2, 0.25) is 0 Å². The molecule has 2 aromatic rings. The molecule has 0 aliphatic carbocycles. The maximum atomic E-state index is 12.7. The molecule has 2 rings (SSSR count). The third kappa shape index (κ3) is 3.94. The number of rotatable bonds is 3. The molecule has 0 unspecified atom stereocenters. The van der Waals surface area contributed by atoms with Gasteiger partial charge in [-0.25, -0.2) is 0 Å². The first kappa shape index (κ1) is 15.8. The molecule has 110 valence electrons. The molecule has 0 spiro atoms. The third-order valence-corrected chi connectivity index (χ3v) is 3.73. The van der Waals surface area contributed by atoms with Gasteiger partial charge in [0, 0.05) is 16.5 Å². The largest absolute Gasteiger partial charge is 0.416 e. The number of ketones is 1. The molecule has 21 heavy (non-hydrogen) atoms. The maximum Gasteiger partial charge on any atom is 0.416 e. The Balaban J connectivity index is 2.31. The molecule has 1 nitrogen and oxygen atoms in total. The topological polar surface area (TPSA) is 17.1 Å². The number of halogens is 4. The van der Waals surface area contributed by atoms with E-state index in [1.54, 1.807) is 6.07 Å². The van der Waals surface area contributed by atoms with Gasteiger partial charge in [-0.1, -0.05) is 45.8 Å². The first-order valence-corrected chi connectivity index (χ1v) is 7.02. The second-order valence-corrected chi connectivity index (χ2v) is 5.64. The summed E-state index contributed by atoms with van der Waals surface area (Å²) in [6.45, 7) is 1.90. The van der Waals surface area contributed by atoms with Gasteiger partial charge in [-0.05, 0) is 30.7 Å². The van der Waals surface area contributed by atoms with Crippen LogP contribution in [0.4, 0.5) is 13.2 Å². The normalized spacial score (nSPS) is 11.5. The molecule has 0 saturated carbocycles. The second-order valence-electron chi connectivity index (χ2n) is 4.78. The van der Waals surface area contributed by atoms with E-state index in [1.807, 2.05) is 25.1 Å². The molecular weight excluding hydrogens is 345 g/mol. The number of aryl methyl sites for hydroxylation is 1. The fourth-order valence-corrected chi connectivity index (χ4v) is 2.49. The van der Waals surface area contributed by atoms with Gasteiger partial charge in [0.25, 0.3) is 0 Å². The van der Waals surface area contributed by atoms with Crippen LogP contribution in [0.15, 0.2) is 46.9 Å². The number of carbonyl (C=O) groups is 1. The van der Waals surface area contributed by atoms with E-state index < -0.39 is 11.7 Å². The predicted octanol–water partition coefficient (Wildman–Crippen LogP) is 5.20. The molecule has 0 aromatic heterocycles. The Hall–Kier alpha value is -1.62. The molecule has 0 saturated heterocycles. The highest BCUT2D eigenvalue weighted by Gasteiger charge is 2.31. The second kappa shape index (κ2) is 6.02.